The number of rotatable bonds is 7. The summed E-state index contributed by atoms with van der Waals surface area (Å²) in [4.78, 5) is 28.2. The molecule has 1 aromatic carbocycles. The number of halogens is 1. The first-order chi connectivity index (χ1) is 12.0. The molecule has 2 rings (SSSR count). The van der Waals surface area contributed by atoms with Gasteiger partial charge >= 0.3 is 0 Å². The van der Waals surface area contributed by atoms with E-state index in [1.54, 1.807) is 0 Å². The Morgan fingerprint density at radius 1 is 1.16 bits per heavy atom. The molecule has 0 aliphatic carbocycles. The number of carbonyl (C=O) groups excluding carboxylic acids is 2. The number of benzene rings is 1. The van der Waals surface area contributed by atoms with Gasteiger partial charge in [0.05, 0.1) is 6.54 Å². The highest BCUT2D eigenvalue weighted by molar-refractivity contribution is 6.30. The van der Waals surface area contributed by atoms with Crippen LogP contribution in [0.25, 0.3) is 0 Å². The van der Waals surface area contributed by atoms with E-state index in [4.69, 9.17) is 11.6 Å². The number of nitrogens with one attached hydrogen (secondary N) is 1. The number of hydrogen-bond donors (Lipinski definition) is 1. The maximum atomic E-state index is 12.3. The van der Waals surface area contributed by atoms with Crippen molar-refractivity contribution in [3.63, 3.8) is 0 Å². The number of carbonyl (C=O) groups is 2. The van der Waals surface area contributed by atoms with Crippen molar-refractivity contribution in [2.45, 2.75) is 33.1 Å². The van der Waals surface area contributed by atoms with Gasteiger partial charge in [-0.2, -0.15) is 0 Å². The molecule has 0 bridgehead atoms. The molecule has 2 amide bonds. The van der Waals surface area contributed by atoms with E-state index in [0.29, 0.717) is 25.4 Å². The van der Waals surface area contributed by atoms with Gasteiger partial charge in [0.15, 0.2) is 0 Å². The lowest BCUT2D eigenvalue weighted by atomic mass is 10.0. The Labute approximate surface area is 155 Å². The Hall–Kier alpha value is -1.75. The fraction of sp³-hybridized carbons (Fsp3) is 0.579. The second kappa shape index (κ2) is 9.66. The van der Waals surface area contributed by atoms with Crippen molar-refractivity contribution in [2.24, 2.45) is 5.92 Å². The van der Waals surface area contributed by atoms with E-state index >= 15 is 0 Å². The first kappa shape index (κ1) is 19.6. The third kappa shape index (κ3) is 6.24. The molecule has 1 atom stereocenters. The summed E-state index contributed by atoms with van der Waals surface area (Å²) >= 11 is 5.92. The highest BCUT2D eigenvalue weighted by Gasteiger charge is 2.21. The van der Waals surface area contributed by atoms with Gasteiger partial charge in [0.2, 0.25) is 11.8 Å². The number of anilines is 1. The summed E-state index contributed by atoms with van der Waals surface area (Å²) < 4.78 is 0. The van der Waals surface area contributed by atoms with Gasteiger partial charge in [-0.3, -0.25) is 9.59 Å². The van der Waals surface area contributed by atoms with E-state index in [9.17, 15) is 9.59 Å². The molecule has 138 valence electrons. The van der Waals surface area contributed by atoms with E-state index in [0.717, 1.165) is 36.6 Å². The topological polar surface area (TPSA) is 52.7 Å². The fourth-order valence-electron chi connectivity index (χ4n) is 3.14. The van der Waals surface area contributed by atoms with Crippen LogP contribution >= 0.6 is 11.6 Å². The van der Waals surface area contributed by atoms with Crippen LogP contribution in [0.1, 0.15) is 33.1 Å². The predicted octanol–water partition coefficient (Wildman–Crippen LogP) is 2.93. The lowest BCUT2D eigenvalue weighted by Gasteiger charge is -2.36. The number of piperazine rings is 1. The highest BCUT2D eigenvalue weighted by Crippen LogP contribution is 2.19. The summed E-state index contributed by atoms with van der Waals surface area (Å²) in [5.41, 5.74) is 1.12. The average Bonchev–Trinajstić information content (AvgIpc) is 2.60. The molecular formula is C19H28ClN3O2. The van der Waals surface area contributed by atoms with E-state index in [1.807, 2.05) is 29.2 Å². The Kier molecular flexibility index (Phi) is 7.56. The zero-order chi connectivity index (χ0) is 18.2. The Bertz CT molecular complexity index is 569. The predicted molar refractivity (Wildman–Crippen MR) is 102 cm³/mol. The first-order valence-corrected chi connectivity index (χ1v) is 9.42. The van der Waals surface area contributed by atoms with Crippen LogP contribution < -0.4 is 10.2 Å². The minimum Gasteiger partial charge on any atom is -0.368 e. The summed E-state index contributed by atoms with van der Waals surface area (Å²) in [6.07, 6.45) is 2.60. The molecule has 25 heavy (non-hydrogen) atoms. The van der Waals surface area contributed by atoms with Gasteiger partial charge in [-0.15, -0.1) is 0 Å². The van der Waals surface area contributed by atoms with Gasteiger partial charge in [-0.25, -0.2) is 0 Å². The number of amides is 2. The smallest absolute Gasteiger partial charge is 0.242 e. The van der Waals surface area contributed by atoms with Crippen LogP contribution in [-0.4, -0.2) is 49.4 Å². The van der Waals surface area contributed by atoms with E-state index in [1.165, 1.54) is 0 Å². The molecule has 5 nitrogen and oxygen atoms in total. The summed E-state index contributed by atoms with van der Waals surface area (Å²) in [5, 5.41) is 3.48. The molecule has 0 spiro atoms. The first-order valence-electron chi connectivity index (χ1n) is 9.04. The van der Waals surface area contributed by atoms with Gasteiger partial charge in [0.1, 0.15) is 0 Å². The average molecular weight is 366 g/mol. The fourth-order valence-corrected chi connectivity index (χ4v) is 3.26. The lowest BCUT2D eigenvalue weighted by molar-refractivity contribution is -0.133. The maximum absolute atomic E-state index is 12.3. The molecule has 0 radical (unpaired) electrons. The summed E-state index contributed by atoms with van der Waals surface area (Å²) in [6, 6.07) is 7.75. The van der Waals surface area contributed by atoms with Crippen molar-refractivity contribution in [3.8, 4) is 0 Å². The third-order valence-electron chi connectivity index (χ3n) is 4.58. The van der Waals surface area contributed by atoms with Gasteiger partial charge in [0, 0.05) is 43.3 Å². The van der Waals surface area contributed by atoms with E-state index in [2.05, 4.69) is 24.1 Å². The van der Waals surface area contributed by atoms with Gasteiger partial charge in [0.25, 0.3) is 0 Å². The summed E-state index contributed by atoms with van der Waals surface area (Å²) in [6.45, 7) is 7.19. The van der Waals surface area contributed by atoms with Gasteiger partial charge in [-0.05, 0) is 30.2 Å². The molecule has 6 heteroatoms. The number of hydrogen-bond acceptors (Lipinski definition) is 3. The normalized spacial score (nSPS) is 15.8. The van der Waals surface area contributed by atoms with E-state index < -0.39 is 0 Å². The van der Waals surface area contributed by atoms with E-state index in [-0.39, 0.29) is 18.4 Å². The molecule has 1 unspecified atom stereocenters. The minimum absolute atomic E-state index is 0.00718. The van der Waals surface area contributed by atoms with Crippen molar-refractivity contribution in [1.29, 1.82) is 0 Å². The Morgan fingerprint density at radius 3 is 2.40 bits per heavy atom. The van der Waals surface area contributed by atoms with Crippen molar-refractivity contribution >= 4 is 29.1 Å². The van der Waals surface area contributed by atoms with Crippen molar-refractivity contribution in [3.05, 3.63) is 29.3 Å². The van der Waals surface area contributed by atoms with Crippen LogP contribution in [0.4, 0.5) is 5.69 Å². The number of nitrogens with zero attached hydrogens (tertiary/aromatic N) is 2. The molecule has 0 saturated carbocycles. The van der Waals surface area contributed by atoms with Crippen LogP contribution in [0.15, 0.2) is 24.3 Å². The monoisotopic (exact) mass is 365 g/mol. The molecule has 1 aromatic rings. The molecule has 1 aliphatic heterocycles. The lowest BCUT2D eigenvalue weighted by Crippen LogP contribution is -2.51. The van der Waals surface area contributed by atoms with Crippen LogP contribution in [0, 0.1) is 5.92 Å². The second-order valence-electron chi connectivity index (χ2n) is 6.72. The van der Waals surface area contributed by atoms with Crippen LogP contribution in [0.3, 0.4) is 0 Å². The Morgan fingerprint density at radius 2 is 1.80 bits per heavy atom. The Balaban J connectivity index is 1.72. The minimum atomic E-state index is -0.0332. The second-order valence-corrected chi connectivity index (χ2v) is 7.16. The molecule has 1 saturated heterocycles. The molecule has 1 N–H and O–H groups in total. The van der Waals surface area contributed by atoms with Crippen molar-refractivity contribution in [1.82, 2.24) is 10.2 Å². The van der Waals surface area contributed by atoms with Crippen molar-refractivity contribution < 1.29 is 9.59 Å². The highest BCUT2D eigenvalue weighted by atomic mass is 35.5. The maximum Gasteiger partial charge on any atom is 0.242 e. The van der Waals surface area contributed by atoms with Gasteiger partial charge < -0.3 is 15.1 Å². The van der Waals surface area contributed by atoms with Crippen LogP contribution in [-0.2, 0) is 9.59 Å². The zero-order valence-corrected chi connectivity index (χ0v) is 15.9. The molecule has 0 aromatic heterocycles. The molecule has 1 heterocycles. The molecule has 1 fully saturated rings. The molecule has 1 aliphatic rings. The SMILES string of the molecule is CCCC(C)CC(=O)NCC(=O)N1CCN(c2ccc(Cl)cc2)CC1. The standard InChI is InChI=1S/C19H28ClN3O2/c1-3-4-15(2)13-18(24)21-14-19(25)23-11-9-22(10-12-23)17-7-5-16(20)6-8-17/h5-8,15H,3-4,9-14H2,1-2H3,(H,21,24). The quantitative estimate of drug-likeness (QED) is 0.808. The van der Waals surface area contributed by atoms with Gasteiger partial charge in [-0.1, -0.05) is 38.3 Å². The van der Waals surface area contributed by atoms with Crippen LogP contribution in [0.2, 0.25) is 5.02 Å². The summed E-state index contributed by atoms with van der Waals surface area (Å²) in [5.74, 6) is 0.323. The third-order valence-corrected chi connectivity index (χ3v) is 4.83. The zero-order valence-electron chi connectivity index (χ0n) is 15.1. The summed E-state index contributed by atoms with van der Waals surface area (Å²) in [7, 11) is 0. The van der Waals surface area contributed by atoms with Crippen molar-refractivity contribution in [2.75, 3.05) is 37.6 Å². The van der Waals surface area contributed by atoms with Crippen LogP contribution in [0.5, 0.6) is 0 Å². The molecular weight excluding hydrogens is 338 g/mol. The largest absolute Gasteiger partial charge is 0.368 e.